The molecule has 26 heavy (non-hydrogen) atoms. The predicted octanol–water partition coefficient (Wildman–Crippen LogP) is 3.45. The summed E-state index contributed by atoms with van der Waals surface area (Å²) in [6, 6.07) is 6.89. The Kier molecular flexibility index (Phi) is 5.25. The van der Waals surface area contributed by atoms with Crippen molar-refractivity contribution >= 4 is 17.6 Å². The molecule has 1 unspecified atom stereocenters. The van der Waals surface area contributed by atoms with Gasteiger partial charge >= 0.3 is 5.97 Å². The number of aromatic nitrogens is 2. The molecule has 1 aliphatic rings. The standard InChI is InChI=1S/C19H23N3O4/c1-3-12(2)22-18(13-4-5-13)16(10-20-22)19(25)21-14-6-8-15(9-7-14)26-11-17(23)24/h6-10,12-13H,3-5,11H2,1-2H3,(H,21,25)(H,23,24). The molecule has 1 fully saturated rings. The summed E-state index contributed by atoms with van der Waals surface area (Å²) in [6.45, 7) is 3.82. The van der Waals surface area contributed by atoms with Crippen LogP contribution in [0, 0.1) is 0 Å². The molecule has 2 aromatic rings. The number of rotatable bonds is 8. The number of nitrogens with one attached hydrogen (secondary N) is 1. The van der Waals surface area contributed by atoms with Crippen molar-refractivity contribution in [3.63, 3.8) is 0 Å². The molecule has 0 saturated heterocycles. The van der Waals surface area contributed by atoms with Gasteiger partial charge in [0.25, 0.3) is 5.91 Å². The van der Waals surface area contributed by atoms with Crippen molar-refractivity contribution < 1.29 is 19.4 Å². The van der Waals surface area contributed by atoms with Gasteiger partial charge in [0.05, 0.1) is 17.5 Å². The lowest BCUT2D eigenvalue weighted by Gasteiger charge is -2.14. The Morgan fingerprint density at radius 3 is 2.62 bits per heavy atom. The van der Waals surface area contributed by atoms with Gasteiger partial charge in [-0.25, -0.2) is 4.79 Å². The number of carboxylic acid groups (broad SMARTS) is 1. The quantitative estimate of drug-likeness (QED) is 0.755. The minimum Gasteiger partial charge on any atom is -0.482 e. The van der Waals surface area contributed by atoms with Crippen LogP contribution in [0.3, 0.4) is 0 Å². The second-order valence-corrected chi connectivity index (χ2v) is 6.58. The molecule has 138 valence electrons. The van der Waals surface area contributed by atoms with Gasteiger partial charge in [0.15, 0.2) is 6.61 Å². The lowest BCUT2D eigenvalue weighted by atomic mass is 10.1. The molecule has 3 rings (SSSR count). The van der Waals surface area contributed by atoms with E-state index in [0.717, 1.165) is 25.0 Å². The summed E-state index contributed by atoms with van der Waals surface area (Å²) in [5.41, 5.74) is 2.27. The molecule has 7 heteroatoms. The van der Waals surface area contributed by atoms with Crippen molar-refractivity contribution in [3.8, 4) is 5.75 Å². The Balaban J connectivity index is 1.72. The van der Waals surface area contributed by atoms with Crippen LogP contribution < -0.4 is 10.1 Å². The number of ether oxygens (including phenoxy) is 1. The van der Waals surface area contributed by atoms with Gasteiger partial charge in [-0.3, -0.25) is 9.48 Å². The molecule has 1 aromatic heterocycles. The molecular weight excluding hydrogens is 334 g/mol. The molecule has 0 bridgehead atoms. The first-order valence-corrected chi connectivity index (χ1v) is 8.83. The van der Waals surface area contributed by atoms with Gasteiger partial charge in [-0.15, -0.1) is 0 Å². The second-order valence-electron chi connectivity index (χ2n) is 6.58. The number of aliphatic carboxylic acids is 1. The molecular formula is C19H23N3O4. The first-order valence-electron chi connectivity index (χ1n) is 8.83. The van der Waals surface area contributed by atoms with Crippen LogP contribution in [0.2, 0.25) is 0 Å². The van der Waals surface area contributed by atoms with E-state index < -0.39 is 12.6 Å². The first kappa shape index (κ1) is 18.0. The number of benzene rings is 1. The third kappa shape index (κ3) is 4.04. The molecule has 1 heterocycles. The van der Waals surface area contributed by atoms with Crippen molar-refractivity contribution in [3.05, 3.63) is 41.7 Å². The Bertz CT molecular complexity index is 794. The highest BCUT2D eigenvalue weighted by Gasteiger charge is 2.33. The van der Waals surface area contributed by atoms with Crippen LogP contribution in [0.1, 0.15) is 61.1 Å². The van der Waals surface area contributed by atoms with Crippen LogP contribution in [-0.4, -0.2) is 33.4 Å². The minimum atomic E-state index is -1.03. The lowest BCUT2D eigenvalue weighted by Crippen LogP contribution is -2.16. The topological polar surface area (TPSA) is 93.5 Å². The van der Waals surface area contributed by atoms with Crippen LogP contribution in [0.5, 0.6) is 5.75 Å². The summed E-state index contributed by atoms with van der Waals surface area (Å²) in [7, 11) is 0. The van der Waals surface area contributed by atoms with Crippen molar-refractivity contribution in [2.24, 2.45) is 0 Å². The van der Waals surface area contributed by atoms with E-state index >= 15 is 0 Å². The normalized spacial score (nSPS) is 14.7. The number of anilines is 1. The Hall–Kier alpha value is -2.83. The highest BCUT2D eigenvalue weighted by molar-refractivity contribution is 6.05. The summed E-state index contributed by atoms with van der Waals surface area (Å²) >= 11 is 0. The van der Waals surface area contributed by atoms with Gasteiger partial charge in [0, 0.05) is 17.6 Å². The fourth-order valence-corrected chi connectivity index (χ4v) is 2.81. The second kappa shape index (κ2) is 7.59. The molecule has 0 aliphatic heterocycles. The zero-order valence-electron chi connectivity index (χ0n) is 14.9. The van der Waals surface area contributed by atoms with E-state index in [4.69, 9.17) is 9.84 Å². The van der Waals surface area contributed by atoms with Crippen LogP contribution in [0.4, 0.5) is 5.69 Å². The first-order chi connectivity index (χ1) is 12.5. The van der Waals surface area contributed by atoms with Crippen molar-refractivity contribution in [1.82, 2.24) is 9.78 Å². The monoisotopic (exact) mass is 357 g/mol. The summed E-state index contributed by atoms with van der Waals surface area (Å²) in [5.74, 6) is -0.360. The molecule has 2 N–H and O–H groups in total. The van der Waals surface area contributed by atoms with E-state index in [9.17, 15) is 9.59 Å². The number of nitrogens with zero attached hydrogens (tertiary/aromatic N) is 2. The van der Waals surface area contributed by atoms with Gasteiger partial charge in [-0.2, -0.15) is 5.10 Å². The van der Waals surface area contributed by atoms with Gasteiger partial charge < -0.3 is 15.2 Å². The Labute approximate surface area is 152 Å². The average Bonchev–Trinajstić information content (AvgIpc) is 3.38. The fraction of sp³-hybridized carbons (Fsp3) is 0.421. The number of carboxylic acids is 1. The minimum absolute atomic E-state index is 0.180. The van der Waals surface area contributed by atoms with Gasteiger partial charge in [0.1, 0.15) is 5.75 Å². The van der Waals surface area contributed by atoms with Gasteiger partial charge in [0.2, 0.25) is 0 Å². The lowest BCUT2D eigenvalue weighted by molar-refractivity contribution is -0.139. The van der Waals surface area contributed by atoms with E-state index in [1.807, 2.05) is 4.68 Å². The van der Waals surface area contributed by atoms with Gasteiger partial charge in [-0.1, -0.05) is 6.92 Å². The summed E-state index contributed by atoms with van der Waals surface area (Å²) < 4.78 is 7.07. The molecule has 1 saturated carbocycles. The van der Waals surface area contributed by atoms with E-state index in [1.54, 1.807) is 30.5 Å². The third-order valence-corrected chi connectivity index (χ3v) is 4.53. The maximum atomic E-state index is 12.7. The smallest absolute Gasteiger partial charge is 0.341 e. The van der Waals surface area contributed by atoms with E-state index in [0.29, 0.717) is 22.9 Å². The molecule has 1 aromatic carbocycles. The molecule has 0 radical (unpaired) electrons. The Morgan fingerprint density at radius 1 is 1.35 bits per heavy atom. The number of amides is 1. The molecule has 1 amide bonds. The van der Waals surface area contributed by atoms with E-state index in [-0.39, 0.29) is 11.9 Å². The van der Waals surface area contributed by atoms with Crippen molar-refractivity contribution in [2.75, 3.05) is 11.9 Å². The van der Waals surface area contributed by atoms with E-state index in [1.165, 1.54) is 0 Å². The summed E-state index contributed by atoms with van der Waals surface area (Å²) in [5, 5.41) is 15.9. The van der Waals surface area contributed by atoms with Crippen LogP contribution >= 0.6 is 0 Å². The third-order valence-electron chi connectivity index (χ3n) is 4.53. The van der Waals surface area contributed by atoms with Crippen LogP contribution in [0.25, 0.3) is 0 Å². The van der Waals surface area contributed by atoms with Crippen LogP contribution in [0.15, 0.2) is 30.5 Å². The SMILES string of the molecule is CCC(C)n1ncc(C(=O)Nc2ccc(OCC(=O)O)cc2)c1C1CC1. The fourth-order valence-electron chi connectivity index (χ4n) is 2.81. The maximum Gasteiger partial charge on any atom is 0.341 e. The van der Waals surface area contributed by atoms with E-state index in [2.05, 4.69) is 24.3 Å². The number of hydrogen-bond acceptors (Lipinski definition) is 4. The zero-order chi connectivity index (χ0) is 18.7. The predicted molar refractivity (Wildman–Crippen MR) is 96.7 cm³/mol. The molecule has 1 aliphatic carbocycles. The molecule has 7 nitrogen and oxygen atoms in total. The maximum absolute atomic E-state index is 12.7. The van der Waals surface area contributed by atoms with Crippen molar-refractivity contribution in [2.45, 2.75) is 45.1 Å². The Morgan fingerprint density at radius 2 is 2.04 bits per heavy atom. The number of carbonyl (C=O) groups is 2. The number of carbonyl (C=O) groups excluding carboxylic acids is 1. The summed E-state index contributed by atoms with van der Waals surface area (Å²) in [6.07, 6.45) is 4.80. The zero-order valence-corrected chi connectivity index (χ0v) is 14.9. The number of hydrogen-bond donors (Lipinski definition) is 2. The van der Waals surface area contributed by atoms with Crippen molar-refractivity contribution in [1.29, 1.82) is 0 Å². The van der Waals surface area contributed by atoms with Crippen LogP contribution in [-0.2, 0) is 4.79 Å². The average molecular weight is 357 g/mol. The molecule has 0 spiro atoms. The summed E-state index contributed by atoms with van der Waals surface area (Å²) in [4.78, 5) is 23.2. The largest absolute Gasteiger partial charge is 0.482 e. The highest BCUT2D eigenvalue weighted by Crippen LogP contribution is 2.42. The highest BCUT2D eigenvalue weighted by atomic mass is 16.5. The van der Waals surface area contributed by atoms with Gasteiger partial charge in [-0.05, 0) is 50.5 Å². The molecule has 1 atom stereocenters.